The molecule has 3 rings (SSSR count). The highest BCUT2D eigenvalue weighted by Crippen LogP contribution is 2.26. The number of aryl methyl sites for hydroxylation is 1. The molecular weight excluding hydrogens is 402 g/mol. The predicted molar refractivity (Wildman–Crippen MR) is 103 cm³/mol. The zero-order valence-corrected chi connectivity index (χ0v) is 16.9. The van der Waals surface area contributed by atoms with Gasteiger partial charge in [0.15, 0.2) is 0 Å². The van der Waals surface area contributed by atoms with Crippen LogP contribution < -0.4 is 5.32 Å². The highest BCUT2D eigenvalue weighted by molar-refractivity contribution is 7.89. The molecule has 148 valence electrons. The Bertz CT molecular complexity index is 1020. The number of hydrogen-bond acceptors (Lipinski definition) is 5. The number of carbonyl (C=O) groups is 1. The Balaban J connectivity index is 1.57. The summed E-state index contributed by atoms with van der Waals surface area (Å²) >= 11 is 5.89. The number of rotatable bonds is 5. The summed E-state index contributed by atoms with van der Waals surface area (Å²) in [6.45, 7) is 1.21. The number of nitriles is 1. The van der Waals surface area contributed by atoms with E-state index < -0.39 is 10.0 Å². The van der Waals surface area contributed by atoms with Gasteiger partial charge in [0, 0.05) is 32.9 Å². The molecule has 10 heteroatoms. The average Bonchev–Trinajstić information content (AvgIpc) is 3.13. The number of amides is 1. The molecule has 1 saturated heterocycles. The van der Waals surface area contributed by atoms with Crippen LogP contribution in [0.4, 0.5) is 0 Å². The third-order valence-corrected chi connectivity index (χ3v) is 7.01. The molecule has 0 unspecified atom stereocenters. The molecule has 1 amide bonds. The third-order valence-electron chi connectivity index (χ3n) is 4.79. The second-order valence-corrected chi connectivity index (χ2v) is 9.06. The fourth-order valence-electron chi connectivity index (χ4n) is 3.13. The van der Waals surface area contributed by atoms with Crippen molar-refractivity contribution in [3.05, 3.63) is 46.7 Å². The fraction of sp³-hybridized carbons (Fsp3) is 0.389. The molecule has 0 atom stereocenters. The van der Waals surface area contributed by atoms with E-state index in [-0.39, 0.29) is 27.3 Å². The normalized spacial score (nSPS) is 15.9. The molecule has 0 radical (unpaired) electrons. The number of nitrogens with zero attached hydrogens (tertiary/aromatic N) is 4. The summed E-state index contributed by atoms with van der Waals surface area (Å²) in [4.78, 5) is 12.2. The van der Waals surface area contributed by atoms with E-state index in [1.165, 1.54) is 28.7 Å². The molecule has 8 nitrogen and oxygen atoms in total. The molecule has 1 fully saturated rings. The molecule has 1 aromatic carbocycles. The van der Waals surface area contributed by atoms with E-state index in [2.05, 4.69) is 10.4 Å². The lowest BCUT2D eigenvalue weighted by atomic mass is 9.98. The number of hydrogen-bond donors (Lipinski definition) is 1. The number of carbonyl (C=O) groups excluding carboxylic acids is 1. The molecule has 0 spiro atoms. The van der Waals surface area contributed by atoms with Crippen LogP contribution in [0.3, 0.4) is 0 Å². The largest absolute Gasteiger partial charge is 0.352 e. The number of halogens is 1. The summed E-state index contributed by atoms with van der Waals surface area (Å²) in [6, 6.07) is 6.04. The van der Waals surface area contributed by atoms with E-state index in [0.29, 0.717) is 38.0 Å². The van der Waals surface area contributed by atoms with Crippen LogP contribution >= 0.6 is 11.6 Å². The second-order valence-electron chi connectivity index (χ2n) is 6.71. The minimum Gasteiger partial charge on any atom is -0.352 e. The summed E-state index contributed by atoms with van der Waals surface area (Å²) in [7, 11) is -1.94. The van der Waals surface area contributed by atoms with Gasteiger partial charge in [-0.25, -0.2) is 8.42 Å². The van der Waals surface area contributed by atoms with Crippen LogP contribution in [0.25, 0.3) is 0 Å². The lowest BCUT2D eigenvalue weighted by Gasteiger charge is -2.31. The lowest BCUT2D eigenvalue weighted by Crippen LogP contribution is -2.41. The number of piperidine rings is 1. The first-order valence-corrected chi connectivity index (χ1v) is 10.6. The van der Waals surface area contributed by atoms with Gasteiger partial charge in [0.05, 0.1) is 27.2 Å². The lowest BCUT2D eigenvalue weighted by molar-refractivity contribution is 0.0941. The van der Waals surface area contributed by atoms with Gasteiger partial charge in [-0.1, -0.05) is 11.6 Å². The standard InChI is InChI=1S/C18H20ClN5O3S/c1-23-12-15(11-22-23)18(25)21-10-13-4-6-24(7-5-13)28(26,27)16-2-3-17(19)14(8-16)9-20/h2-3,8,11-13H,4-7,10H2,1H3,(H,21,25). The fourth-order valence-corrected chi connectivity index (χ4v) is 4.79. The van der Waals surface area contributed by atoms with E-state index >= 15 is 0 Å². The van der Waals surface area contributed by atoms with Crippen molar-refractivity contribution in [1.29, 1.82) is 5.26 Å². The van der Waals surface area contributed by atoms with E-state index in [0.717, 1.165) is 0 Å². The maximum atomic E-state index is 12.8. The highest BCUT2D eigenvalue weighted by Gasteiger charge is 2.30. The van der Waals surface area contributed by atoms with Crippen molar-refractivity contribution in [2.45, 2.75) is 17.7 Å². The van der Waals surface area contributed by atoms with E-state index in [1.807, 2.05) is 6.07 Å². The Labute approximate surface area is 168 Å². The van der Waals surface area contributed by atoms with Crippen LogP contribution in [-0.4, -0.2) is 48.0 Å². The SMILES string of the molecule is Cn1cc(C(=O)NCC2CCN(S(=O)(=O)c3ccc(Cl)c(C#N)c3)CC2)cn1. The maximum absolute atomic E-state index is 12.8. The van der Waals surface area contributed by atoms with Gasteiger partial charge in [0.25, 0.3) is 5.91 Å². The summed E-state index contributed by atoms with van der Waals surface area (Å²) in [5.41, 5.74) is 0.634. The molecule has 2 aromatic rings. The number of sulfonamides is 1. The van der Waals surface area contributed by atoms with Crippen molar-refractivity contribution in [2.75, 3.05) is 19.6 Å². The van der Waals surface area contributed by atoms with Crippen LogP contribution in [0, 0.1) is 17.2 Å². The smallest absolute Gasteiger partial charge is 0.254 e. The van der Waals surface area contributed by atoms with Gasteiger partial charge < -0.3 is 5.32 Å². The quantitative estimate of drug-likeness (QED) is 0.791. The molecule has 0 saturated carbocycles. The third kappa shape index (κ3) is 4.35. The maximum Gasteiger partial charge on any atom is 0.254 e. The van der Waals surface area contributed by atoms with Gasteiger partial charge in [-0.15, -0.1) is 0 Å². The second kappa shape index (κ2) is 8.31. The van der Waals surface area contributed by atoms with Crippen molar-refractivity contribution in [3.63, 3.8) is 0 Å². The van der Waals surface area contributed by atoms with Crippen molar-refractivity contribution < 1.29 is 13.2 Å². The zero-order chi connectivity index (χ0) is 20.3. The van der Waals surface area contributed by atoms with Gasteiger partial charge in [0.2, 0.25) is 10.0 Å². The van der Waals surface area contributed by atoms with Gasteiger partial charge >= 0.3 is 0 Å². The average molecular weight is 422 g/mol. The van der Waals surface area contributed by atoms with Crippen molar-refractivity contribution in [3.8, 4) is 6.07 Å². The first kappa shape index (κ1) is 20.3. The zero-order valence-electron chi connectivity index (χ0n) is 15.3. The van der Waals surface area contributed by atoms with Gasteiger partial charge in [-0.2, -0.15) is 14.7 Å². The number of nitrogens with one attached hydrogen (secondary N) is 1. The Kier molecular flexibility index (Phi) is 6.03. The van der Waals surface area contributed by atoms with Crippen LogP contribution in [0.15, 0.2) is 35.5 Å². The van der Waals surface area contributed by atoms with Crippen molar-refractivity contribution in [2.24, 2.45) is 13.0 Å². The molecule has 28 heavy (non-hydrogen) atoms. The molecule has 2 heterocycles. The van der Waals surface area contributed by atoms with Crippen LogP contribution in [0.2, 0.25) is 5.02 Å². The van der Waals surface area contributed by atoms with Crippen LogP contribution in [0.5, 0.6) is 0 Å². The van der Waals surface area contributed by atoms with Crippen molar-refractivity contribution >= 4 is 27.5 Å². The minimum atomic E-state index is -3.68. The topological polar surface area (TPSA) is 108 Å². The Morgan fingerprint density at radius 1 is 1.39 bits per heavy atom. The van der Waals surface area contributed by atoms with Crippen LogP contribution in [0.1, 0.15) is 28.8 Å². The molecule has 0 bridgehead atoms. The minimum absolute atomic E-state index is 0.0665. The summed E-state index contributed by atoms with van der Waals surface area (Å²) in [5.74, 6) is 0.0142. The van der Waals surface area contributed by atoms with Gasteiger partial charge in [0.1, 0.15) is 6.07 Å². The first-order chi connectivity index (χ1) is 13.3. The van der Waals surface area contributed by atoms with E-state index in [4.69, 9.17) is 16.9 Å². The Morgan fingerprint density at radius 3 is 2.71 bits per heavy atom. The molecule has 0 aliphatic carbocycles. The highest BCUT2D eigenvalue weighted by atomic mass is 35.5. The summed E-state index contributed by atoms with van der Waals surface area (Å²) in [5, 5.41) is 16.1. The molecule has 1 aromatic heterocycles. The first-order valence-electron chi connectivity index (χ1n) is 8.78. The molecule has 1 N–H and O–H groups in total. The Morgan fingerprint density at radius 2 is 2.11 bits per heavy atom. The number of aromatic nitrogens is 2. The van der Waals surface area contributed by atoms with E-state index in [1.54, 1.807) is 17.9 Å². The van der Waals surface area contributed by atoms with Crippen molar-refractivity contribution in [1.82, 2.24) is 19.4 Å². The van der Waals surface area contributed by atoms with Gasteiger partial charge in [-0.05, 0) is 37.0 Å². The molecular formula is C18H20ClN5O3S. The van der Waals surface area contributed by atoms with E-state index in [9.17, 15) is 13.2 Å². The molecule has 1 aliphatic heterocycles. The van der Waals surface area contributed by atoms with Gasteiger partial charge in [-0.3, -0.25) is 9.48 Å². The molecule has 1 aliphatic rings. The number of benzene rings is 1. The summed E-state index contributed by atoms with van der Waals surface area (Å²) in [6.07, 6.45) is 4.44. The predicted octanol–water partition coefficient (Wildman–Crippen LogP) is 1.78. The van der Waals surface area contributed by atoms with Crippen LogP contribution in [-0.2, 0) is 17.1 Å². The Hall–Kier alpha value is -2.41. The monoisotopic (exact) mass is 421 g/mol. The summed E-state index contributed by atoms with van der Waals surface area (Å²) < 4.78 is 28.6.